The molecule has 2 aliphatic rings. The van der Waals surface area contributed by atoms with Gasteiger partial charge in [0.25, 0.3) is 0 Å². The highest BCUT2D eigenvalue weighted by atomic mass is 16.6. The average Bonchev–Trinajstić information content (AvgIpc) is 3.05. The molecule has 0 radical (unpaired) electrons. The molecule has 2 aliphatic heterocycles. The van der Waals surface area contributed by atoms with Crippen LogP contribution in [0, 0.1) is 0 Å². The number of methoxy groups -OCH3 is 2. The molecule has 0 aromatic heterocycles. The summed E-state index contributed by atoms with van der Waals surface area (Å²) in [6, 6.07) is 23.3. The van der Waals surface area contributed by atoms with Gasteiger partial charge in [0.1, 0.15) is 57.7 Å². The van der Waals surface area contributed by atoms with E-state index in [0.29, 0.717) is 45.6 Å². The van der Waals surface area contributed by atoms with Crippen molar-refractivity contribution in [3.63, 3.8) is 0 Å². The third-order valence-electron chi connectivity index (χ3n) is 7.68. The number of fused-ring (bicyclic) bond motifs is 3. The quantitative estimate of drug-likeness (QED) is 0.143. The molecule has 4 aromatic rings. The lowest BCUT2D eigenvalue weighted by Crippen LogP contribution is -2.27. The van der Waals surface area contributed by atoms with Gasteiger partial charge in [0.15, 0.2) is 0 Å². The second-order valence-corrected chi connectivity index (χ2v) is 11.0. The van der Waals surface area contributed by atoms with Crippen molar-refractivity contribution in [2.45, 2.75) is 32.8 Å². The average molecular weight is 649 g/mol. The molecule has 6 rings (SSSR count). The smallest absolute Gasteiger partial charge is 0.308 e. The highest BCUT2D eigenvalue weighted by Crippen LogP contribution is 2.58. The summed E-state index contributed by atoms with van der Waals surface area (Å²) in [5.41, 5.74) is 3.64. The number of hydrogen-bond donors (Lipinski definition) is 0. The van der Waals surface area contributed by atoms with Gasteiger partial charge in [-0.2, -0.15) is 0 Å². The first-order valence-corrected chi connectivity index (χ1v) is 15.1. The molecular formula is C38H32O10. The summed E-state index contributed by atoms with van der Waals surface area (Å²) >= 11 is 0. The van der Waals surface area contributed by atoms with Gasteiger partial charge >= 0.3 is 17.9 Å². The zero-order chi connectivity index (χ0) is 33.9. The number of ether oxygens (including phenoxy) is 7. The van der Waals surface area contributed by atoms with Gasteiger partial charge in [0.2, 0.25) is 0 Å². The number of hydrogen-bond acceptors (Lipinski definition) is 10. The second-order valence-electron chi connectivity index (χ2n) is 11.0. The van der Waals surface area contributed by atoms with E-state index in [2.05, 4.69) is 0 Å². The molecule has 10 nitrogen and oxygen atoms in total. The third kappa shape index (κ3) is 6.46. The maximum atomic E-state index is 12.0. The minimum absolute atomic E-state index is 0.245. The number of rotatable bonds is 8. The molecule has 0 fully saturated rings. The predicted octanol–water partition coefficient (Wildman–Crippen LogP) is 7.21. The van der Waals surface area contributed by atoms with Crippen LogP contribution in [0.1, 0.15) is 55.0 Å². The van der Waals surface area contributed by atoms with Crippen molar-refractivity contribution in [3.05, 3.63) is 113 Å². The summed E-state index contributed by atoms with van der Waals surface area (Å²) in [6.07, 6.45) is 3.30. The number of carbonyl (C=O) groups excluding carboxylic acids is 3. The molecule has 0 saturated heterocycles. The van der Waals surface area contributed by atoms with Gasteiger partial charge in [-0.05, 0) is 23.3 Å². The molecular weight excluding hydrogens is 616 g/mol. The standard InChI is InChI=1S/C38H32O10/c1-21(39)44-26-14-11-24(12-15-26)13-16-29-34-30(42-4)17-27(45-22(2)40)19-32(34)48-38-35(29)37(25-9-7-6-8-10-25)47-33-20-28(46-23(3)41)18-31(43-5)36(33)38/h6-20,29,37H,1-5H3/b16-13+/t29-,37+/m1/s1. The lowest BCUT2D eigenvalue weighted by Gasteiger charge is -2.39. The number of esters is 3. The fraction of sp³-hybridized carbons (Fsp3) is 0.184. The lowest BCUT2D eigenvalue weighted by atomic mass is 9.79. The van der Waals surface area contributed by atoms with Crippen LogP contribution >= 0.6 is 0 Å². The fourth-order valence-electron chi connectivity index (χ4n) is 5.86. The molecule has 2 heterocycles. The molecule has 4 aromatic carbocycles. The fourth-order valence-corrected chi connectivity index (χ4v) is 5.86. The zero-order valence-electron chi connectivity index (χ0n) is 26.9. The normalized spacial score (nSPS) is 16.0. The minimum Gasteiger partial charge on any atom is -0.496 e. The first-order valence-electron chi connectivity index (χ1n) is 15.1. The molecule has 0 spiro atoms. The topological polar surface area (TPSA) is 116 Å². The van der Waals surface area contributed by atoms with Gasteiger partial charge in [0.05, 0.1) is 14.2 Å². The number of benzene rings is 4. The van der Waals surface area contributed by atoms with E-state index >= 15 is 0 Å². The molecule has 48 heavy (non-hydrogen) atoms. The van der Waals surface area contributed by atoms with E-state index in [-0.39, 0.29) is 11.5 Å². The van der Waals surface area contributed by atoms with E-state index in [1.807, 2.05) is 54.6 Å². The number of carbonyl (C=O) groups is 3. The van der Waals surface area contributed by atoms with Crippen LogP contribution in [0.5, 0.6) is 40.2 Å². The van der Waals surface area contributed by atoms with Crippen LogP contribution in [0.15, 0.2) is 90.5 Å². The van der Waals surface area contributed by atoms with Crippen LogP contribution in [-0.2, 0) is 14.4 Å². The van der Waals surface area contributed by atoms with Gasteiger partial charge in [-0.3, -0.25) is 14.4 Å². The Bertz CT molecular complexity index is 1960. The second kappa shape index (κ2) is 13.4. The van der Waals surface area contributed by atoms with Crippen LogP contribution in [-0.4, -0.2) is 32.1 Å². The third-order valence-corrected chi connectivity index (χ3v) is 7.68. The van der Waals surface area contributed by atoms with Gasteiger partial charge in [-0.1, -0.05) is 54.6 Å². The summed E-state index contributed by atoms with van der Waals surface area (Å²) in [5.74, 6) is 1.08. The summed E-state index contributed by atoms with van der Waals surface area (Å²) in [5, 5.41) is 0. The SMILES string of the molecule is COc1cc(OC(C)=O)cc2c1C1=C([C@H](c3ccccc3)O2)[C@H](/C=C/c2ccc(OC(C)=O)cc2)c2c(OC)cc(OC(C)=O)cc2O1. The van der Waals surface area contributed by atoms with Crippen molar-refractivity contribution in [3.8, 4) is 40.2 Å². The van der Waals surface area contributed by atoms with Crippen molar-refractivity contribution in [1.82, 2.24) is 0 Å². The zero-order valence-corrected chi connectivity index (χ0v) is 26.9. The Morgan fingerprint density at radius 2 is 1.27 bits per heavy atom. The van der Waals surface area contributed by atoms with Gasteiger partial charge in [-0.25, -0.2) is 0 Å². The summed E-state index contributed by atoms with van der Waals surface area (Å²) in [6.45, 7) is 3.98. The lowest BCUT2D eigenvalue weighted by molar-refractivity contribution is -0.132. The number of allylic oxidation sites excluding steroid dienone is 1. The highest BCUT2D eigenvalue weighted by Gasteiger charge is 2.43. The van der Waals surface area contributed by atoms with E-state index < -0.39 is 29.9 Å². The Morgan fingerprint density at radius 3 is 1.88 bits per heavy atom. The van der Waals surface area contributed by atoms with Crippen molar-refractivity contribution in [2.75, 3.05) is 14.2 Å². The Morgan fingerprint density at radius 1 is 0.688 bits per heavy atom. The van der Waals surface area contributed by atoms with Gasteiger partial charge in [0, 0.05) is 62.1 Å². The van der Waals surface area contributed by atoms with E-state index in [1.54, 1.807) is 36.4 Å². The largest absolute Gasteiger partial charge is 0.496 e. The van der Waals surface area contributed by atoms with Gasteiger partial charge < -0.3 is 33.2 Å². The molecule has 2 atom stereocenters. The van der Waals surface area contributed by atoms with E-state index in [4.69, 9.17) is 33.2 Å². The first kappa shape index (κ1) is 31.9. The molecule has 0 aliphatic carbocycles. The summed E-state index contributed by atoms with van der Waals surface area (Å²) < 4.78 is 41.2. The van der Waals surface area contributed by atoms with Crippen LogP contribution < -0.4 is 33.2 Å². The Hall–Kier alpha value is -6.03. The molecule has 0 N–H and O–H groups in total. The van der Waals surface area contributed by atoms with Gasteiger partial charge in [-0.15, -0.1) is 0 Å². The monoisotopic (exact) mass is 648 g/mol. The highest BCUT2D eigenvalue weighted by molar-refractivity contribution is 5.84. The van der Waals surface area contributed by atoms with E-state index in [0.717, 1.165) is 16.7 Å². The molecule has 0 bridgehead atoms. The molecule has 0 unspecified atom stereocenters. The van der Waals surface area contributed by atoms with Crippen molar-refractivity contribution >= 4 is 29.7 Å². The van der Waals surface area contributed by atoms with Crippen LogP contribution in [0.2, 0.25) is 0 Å². The molecule has 10 heteroatoms. The maximum absolute atomic E-state index is 12.0. The summed E-state index contributed by atoms with van der Waals surface area (Å²) in [7, 11) is 3.04. The Kier molecular flexibility index (Phi) is 8.89. The summed E-state index contributed by atoms with van der Waals surface area (Å²) in [4.78, 5) is 35.3. The van der Waals surface area contributed by atoms with Crippen LogP contribution in [0.25, 0.3) is 11.8 Å². The minimum atomic E-state index is -0.655. The Labute approximate surface area is 277 Å². The first-order chi connectivity index (χ1) is 23.1. The van der Waals surface area contributed by atoms with Crippen molar-refractivity contribution < 1.29 is 47.5 Å². The van der Waals surface area contributed by atoms with Crippen LogP contribution in [0.4, 0.5) is 0 Å². The predicted molar refractivity (Wildman–Crippen MR) is 175 cm³/mol. The molecule has 0 amide bonds. The van der Waals surface area contributed by atoms with Crippen LogP contribution in [0.3, 0.4) is 0 Å². The van der Waals surface area contributed by atoms with E-state index in [9.17, 15) is 14.4 Å². The maximum Gasteiger partial charge on any atom is 0.308 e. The van der Waals surface area contributed by atoms with Crippen molar-refractivity contribution in [1.29, 1.82) is 0 Å². The van der Waals surface area contributed by atoms with E-state index in [1.165, 1.54) is 35.0 Å². The van der Waals surface area contributed by atoms with Crippen molar-refractivity contribution in [2.24, 2.45) is 0 Å². The Balaban J connectivity index is 1.60. The molecule has 244 valence electrons. The molecule has 0 saturated carbocycles.